The van der Waals surface area contributed by atoms with Crippen LogP contribution in [-0.4, -0.2) is 41.5 Å². The Hall–Kier alpha value is -3.28. The van der Waals surface area contributed by atoms with Crippen LogP contribution in [0.3, 0.4) is 0 Å². The lowest BCUT2D eigenvalue weighted by Crippen LogP contribution is -2.38. The molecule has 2 heterocycles. The third kappa shape index (κ3) is 2.93. The standard InChI is InChI=1S/C21H18N2O4/c24-18-11-13-22(17-9-4-3-8-16(17)18)19(25)10-5-12-23-20(26)14-6-1-2-7-15(14)21(23)27/h1-4,6-9H,5,10-13H2. The molecule has 136 valence electrons. The SMILES string of the molecule is O=C1CCN(C(=O)CCCN2C(=O)c3ccccc3C2=O)c2ccccc21. The number of ketones is 1. The van der Waals surface area contributed by atoms with E-state index in [2.05, 4.69) is 0 Å². The van der Waals surface area contributed by atoms with Gasteiger partial charge in [-0.25, -0.2) is 0 Å². The highest BCUT2D eigenvalue weighted by Crippen LogP contribution is 2.28. The molecule has 6 heteroatoms. The summed E-state index contributed by atoms with van der Waals surface area (Å²) >= 11 is 0. The van der Waals surface area contributed by atoms with E-state index in [1.807, 2.05) is 0 Å². The van der Waals surface area contributed by atoms with Crippen molar-refractivity contribution in [3.8, 4) is 0 Å². The minimum absolute atomic E-state index is 0.0423. The van der Waals surface area contributed by atoms with Gasteiger partial charge in [-0.3, -0.25) is 24.1 Å². The molecule has 0 aliphatic carbocycles. The van der Waals surface area contributed by atoms with E-state index < -0.39 is 0 Å². The van der Waals surface area contributed by atoms with Crippen molar-refractivity contribution in [3.05, 3.63) is 65.2 Å². The summed E-state index contributed by atoms with van der Waals surface area (Å²) in [5.41, 5.74) is 2.03. The largest absolute Gasteiger partial charge is 0.311 e. The molecule has 0 N–H and O–H groups in total. The molecule has 6 nitrogen and oxygen atoms in total. The van der Waals surface area contributed by atoms with E-state index in [4.69, 9.17) is 0 Å². The number of nitrogens with zero attached hydrogens (tertiary/aromatic N) is 2. The molecule has 0 spiro atoms. The molecule has 0 radical (unpaired) electrons. The zero-order chi connectivity index (χ0) is 19.0. The first-order valence-electron chi connectivity index (χ1n) is 8.96. The van der Waals surface area contributed by atoms with E-state index >= 15 is 0 Å². The summed E-state index contributed by atoms with van der Waals surface area (Å²) in [6.45, 7) is 0.564. The summed E-state index contributed by atoms with van der Waals surface area (Å²) in [4.78, 5) is 52.2. The minimum Gasteiger partial charge on any atom is -0.311 e. The number of Topliss-reactive ketones (excluding diaryl/α,β-unsaturated/α-hetero) is 1. The number of para-hydroxylation sites is 1. The molecule has 0 atom stereocenters. The van der Waals surface area contributed by atoms with E-state index in [1.54, 1.807) is 53.4 Å². The Morgan fingerprint density at radius 2 is 1.44 bits per heavy atom. The van der Waals surface area contributed by atoms with E-state index in [1.165, 1.54) is 4.90 Å². The third-order valence-corrected chi connectivity index (χ3v) is 5.01. The molecular weight excluding hydrogens is 344 g/mol. The van der Waals surface area contributed by atoms with Gasteiger partial charge in [-0.05, 0) is 30.7 Å². The van der Waals surface area contributed by atoms with Crippen molar-refractivity contribution >= 4 is 29.2 Å². The number of carbonyl (C=O) groups excluding carboxylic acids is 4. The van der Waals surface area contributed by atoms with Gasteiger partial charge in [-0.15, -0.1) is 0 Å². The van der Waals surface area contributed by atoms with Crippen molar-refractivity contribution in [2.24, 2.45) is 0 Å². The average molecular weight is 362 g/mol. The van der Waals surface area contributed by atoms with Crippen molar-refractivity contribution in [1.82, 2.24) is 4.90 Å². The van der Waals surface area contributed by atoms with E-state index in [0.29, 0.717) is 41.8 Å². The van der Waals surface area contributed by atoms with Gasteiger partial charge in [0.25, 0.3) is 11.8 Å². The first kappa shape index (κ1) is 17.1. The number of imide groups is 1. The van der Waals surface area contributed by atoms with Crippen LogP contribution in [0, 0.1) is 0 Å². The maximum Gasteiger partial charge on any atom is 0.261 e. The first-order chi connectivity index (χ1) is 13.1. The number of amides is 3. The van der Waals surface area contributed by atoms with Crippen molar-refractivity contribution in [2.75, 3.05) is 18.0 Å². The summed E-state index contributed by atoms with van der Waals surface area (Å²) in [5.74, 6) is -0.679. The van der Waals surface area contributed by atoms with Crippen LogP contribution in [0.1, 0.15) is 50.3 Å². The topological polar surface area (TPSA) is 74.8 Å². The van der Waals surface area contributed by atoms with Crippen molar-refractivity contribution in [2.45, 2.75) is 19.3 Å². The first-order valence-corrected chi connectivity index (χ1v) is 8.96. The molecule has 0 fully saturated rings. The fourth-order valence-electron chi connectivity index (χ4n) is 3.64. The molecule has 27 heavy (non-hydrogen) atoms. The predicted octanol–water partition coefficient (Wildman–Crippen LogP) is 2.68. The fourth-order valence-corrected chi connectivity index (χ4v) is 3.64. The number of hydrogen-bond donors (Lipinski definition) is 0. The highest BCUT2D eigenvalue weighted by Gasteiger charge is 2.35. The highest BCUT2D eigenvalue weighted by molar-refractivity contribution is 6.21. The number of benzene rings is 2. The summed E-state index contributed by atoms with van der Waals surface area (Å²) in [7, 11) is 0. The van der Waals surface area contributed by atoms with E-state index in [-0.39, 0.29) is 36.5 Å². The Morgan fingerprint density at radius 1 is 0.852 bits per heavy atom. The molecule has 0 saturated heterocycles. The van der Waals surface area contributed by atoms with Gasteiger partial charge in [-0.2, -0.15) is 0 Å². The van der Waals surface area contributed by atoms with Gasteiger partial charge >= 0.3 is 0 Å². The van der Waals surface area contributed by atoms with Crippen LogP contribution in [0.15, 0.2) is 48.5 Å². The summed E-state index contributed by atoms with van der Waals surface area (Å²) in [6, 6.07) is 13.8. The number of fused-ring (bicyclic) bond motifs is 2. The van der Waals surface area contributed by atoms with Gasteiger partial charge in [0.1, 0.15) is 0 Å². The predicted molar refractivity (Wildman–Crippen MR) is 98.8 cm³/mol. The molecule has 2 aliphatic heterocycles. The Balaban J connectivity index is 1.40. The monoisotopic (exact) mass is 362 g/mol. The molecule has 4 rings (SSSR count). The van der Waals surface area contributed by atoms with Gasteiger partial charge in [0, 0.05) is 31.5 Å². The van der Waals surface area contributed by atoms with Crippen LogP contribution >= 0.6 is 0 Å². The second-order valence-corrected chi connectivity index (χ2v) is 6.65. The van der Waals surface area contributed by atoms with Gasteiger partial charge in [0.2, 0.25) is 5.91 Å². The normalized spacial score (nSPS) is 15.8. The number of hydrogen-bond acceptors (Lipinski definition) is 4. The van der Waals surface area contributed by atoms with Gasteiger partial charge < -0.3 is 4.90 Å². The molecule has 3 amide bonds. The molecule has 0 saturated carbocycles. The molecule has 2 aromatic carbocycles. The Morgan fingerprint density at radius 3 is 2.11 bits per heavy atom. The molecular formula is C21H18N2O4. The molecule has 2 aliphatic rings. The van der Waals surface area contributed by atoms with Crippen molar-refractivity contribution in [3.63, 3.8) is 0 Å². The lowest BCUT2D eigenvalue weighted by atomic mass is 10.00. The van der Waals surface area contributed by atoms with Crippen molar-refractivity contribution < 1.29 is 19.2 Å². The Labute approximate surface area is 156 Å². The second kappa shape index (κ2) is 6.79. The van der Waals surface area contributed by atoms with Crippen LogP contribution < -0.4 is 4.90 Å². The molecule has 0 unspecified atom stereocenters. The number of anilines is 1. The zero-order valence-corrected chi connectivity index (χ0v) is 14.7. The Kier molecular flexibility index (Phi) is 4.32. The highest BCUT2D eigenvalue weighted by atomic mass is 16.2. The van der Waals surface area contributed by atoms with Crippen LogP contribution in [-0.2, 0) is 4.79 Å². The summed E-state index contributed by atoms with van der Waals surface area (Å²) < 4.78 is 0. The molecule has 2 aromatic rings. The van der Waals surface area contributed by atoms with Crippen LogP contribution in [0.2, 0.25) is 0 Å². The quantitative estimate of drug-likeness (QED) is 0.784. The van der Waals surface area contributed by atoms with E-state index in [0.717, 1.165) is 0 Å². The van der Waals surface area contributed by atoms with Crippen LogP contribution in [0.5, 0.6) is 0 Å². The summed E-state index contributed by atoms with van der Waals surface area (Å²) in [6.07, 6.45) is 0.897. The Bertz CT molecular complexity index is 931. The average Bonchev–Trinajstić information content (AvgIpc) is 2.93. The lowest BCUT2D eigenvalue weighted by Gasteiger charge is -2.28. The molecule has 0 bridgehead atoms. The fraction of sp³-hybridized carbons (Fsp3) is 0.238. The van der Waals surface area contributed by atoms with Crippen LogP contribution in [0.25, 0.3) is 0 Å². The van der Waals surface area contributed by atoms with Gasteiger partial charge in [0.05, 0.1) is 16.8 Å². The zero-order valence-electron chi connectivity index (χ0n) is 14.7. The van der Waals surface area contributed by atoms with Gasteiger partial charge in [-0.1, -0.05) is 24.3 Å². The number of carbonyl (C=O) groups is 4. The second-order valence-electron chi connectivity index (χ2n) is 6.65. The van der Waals surface area contributed by atoms with Gasteiger partial charge in [0.15, 0.2) is 5.78 Å². The minimum atomic E-state index is -0.308. The molecule has 0 aromatic heterocycles. The van der Waals surface area contributed by atoms with E-state index in [9.17, 15) is 19.2 Å². The third-order valence-electron chi connectivity index (χ3n) is 5.01. The van der Waals surface area contributed by atoms with Crippen molar-refractivity contribution in [1.29, 1.82) is 0 Å². The van der Waals surface area contributed by atoms with Crippen LogP contribution in [0.4, 0.5) is 5.69 Å². The smallest absolute Gasteiger partial charge is 0.261 e. The summed E-state index contributed by atoms with van der Waals surface area (Å²) in [5, 5.41) is 0. The maximum absolute atomic E-state index is 12.6. The maximum atomic E-state index is 12.6. The number of rotatable bonds is 4. The lowest BCUT2D eigenvalue weighted by molar-refractivity contribution is -0.118.